The van der Waals surface area contributed by atoms with Crippen LogP contribution in [0.2, 0.25) is 0 Å². The highest BCUT2D eigenvalue weighted by Gasteiger charge is 2.41. The topological polar surface area (TPSA) is 47.3 Å². The van der Waals surface area contributed by atoms with Crippen molar-refractivity contribution in [2.75, 3.05) is 18.1 Å². The van der Waals surface area contributed by atoms with Gasteiger partial charge in [0.25, 0.3) is 0 Å². The van der Waals surface area contributed by atoms with E-state index in [0.29, 0.717) is 5.92 Å². The summed E-state index contributed by atoms with van der Waals surface area (Å²) < 4.78 is 19.6. The quantitative estimate of drug-likeness (QED) is 0.665. The summed E-state index contributed by atoms with van der Waals surface area (Å²) in [5, 5.41) is 0. The standard InChI is InChI=1S/C16H23FN2OS/c17-14-3-1-2-12(10-14)15(19-18)13-4-7-20-16(11-13)5-8-21-9-6-16/h1-3,10,13,15,19H,4-9,11,18H2. The van der Waals surface area contributed by atoms with Gasteiger partial charge >= 0.3 is 0 Å². The Morgan fingerprint density at radius 2 is 2.19 bits per heavy atom. The minimum Gasteiger partial charge on any atom is -0.375 e. The molecule has 3 rings (SSSR count). The molecule has 2 aliphatic heterocycles. The van der Waals surface area contributed by atoms with E-state index in [1.165, 1.54) is 17.6 Å². The molecule has 3 nitrogen and oxygen atoms in total. The minimum absolute atomic E-state index is 0.00365. The van der Waals surface area contributed by atoms with Gasteiger partial charge in [-0.15, -0.1) is 0 Å². The van der Waals surface area contributed by atoms with Gasteiger partial charge in [0.15, 0.2) is 0 Å². The molecule has 0 radical (unpaired) electrons. The second kappa shape index (κ2) is 6.65. The highest BCUT2D eigenvalue weighted by molar-refractivity contribution is 7.99. The third-order valence-electron chi connectivity index (χ3n) is 4.79. The summed E-state index contributed by atoms with van der Waals surface area (Å²) in [6, 6.07) is 6.76. The molecule has 21 heavy (non-hydrogen) atoms. The molecule has 5 heteroatoms. The Morgan fingerprint density at radius 3 is 2.90 bits per heavy atom. The molecule has 1 aromatic rings. The molecule has 1 aromatic carbocycles. The van der Waals surface area contributed by atoms with E-state index < -0.39 is 0 Å². The van der Waals surface area contributed by atoms with Crippen molar-refractivity contribution in [2.24, 2.45) is 11.8 Å². The van der Waals surface area contributed by atoms with Crippen molar-refractivity contribution in [1.29, 1.82) is 0 Å². The van der Waals surface area contributed by atoms with Gasteiger partial charge in [-0.2, -0.15) is 11.8 Å². The van der Waals surface area contributed by atoms with Gasteiger partial charge in [0, 0.05) is 12.6 Å². The Bertz CT molecular complexity index is 474. The number of thioether (sulfide) groups is 1. The van der Waals surface area contributed by atoms with Crippen LogP contribution in [0.25, 0.3) is 0 Å². The van der Waals surface area contributed by atoms with Gasteiger partial charge in [0.2, 0.25) is 0 Å². The number of hydrogen-bond donors (Lipinski definition) is 2. The zero-order valence-electron chi connectivity index (χ0n) is 12.2. The first-order chi connectivity index (χ1) is 10.2. The van der Waals surface area contributed by atoms with Gasteiger partial charge in [-0.1, -0.05) is 12.1 Å². The average molecular weight is 310 g/mol. The predicted octanol–water partition coefficient (Wildman–Crippen LogP) is 3.02. The lowest BCUT2D eigenvalue weighted by Gasteiger charge is -2.45. The Hall–Kier alpha value is -0.620. The summed E-state index contributed by atoms with van der Waals surface area (Å²) in [6.07, 6.45) is 4.22. The summed E-state index contributed by atoms with van der Waals surface area (Å²) >= 11 is 2.01. The minimum atomic E-state index is -0.205. The summed E-state index contributed by atoms with van der Waals surface area (Å²) in [5.41, 5.74) is 3.87. The maximum absolute atomic E-state index is 13.5. The molecule has 0 aromatic heterocycles. The summed E-state index contributed by atoms with van der Waals surface area (Å²) in [6.45, 7) is 0.781. The Kier molecular flexibility index (Phi) is 4.84. The van der Waals surface area contributed by atoms with Crippen molar-refractivity contribution in [2.45, 2.75) is 37.3 Å². The molecule has 0 bridgehead atoms. The second-order valence-electron chi connectivity index (χ2n) is 6.10. The molecule has 1 spiro atoms. The molecule has 2 aliphatic rings. The van der Waals surface area contributed by atoms with Crippen molar-refractivity contribution in [1.82, 2.24) is 5.43 Å². The SMILES string of the molecule is NNC(c1cccc(F)c1)C1CCOC2(CCSCC2)C1. The summed E-state index contributed by atoms with van der Waals surface area (Å²) in [5.74, 6) is 8.33. The zero-order valence-corrected chi connectivity index (χ0v) is 13.0. The van der Waals surface area contributed by atoms with Crippen molar-refractivity contribution in [3.63, 3.8) is 0 Å². The van der Waals surface area contributed by atoms with Crippen LogP contribution >= 0.6 is 11.8 Å². The van der Waals surface area contributed by atoms with Crippen LogP contribution in [-0.2, 0) is 4.74 Å². The fourth-order valence-corrected chi connectivity index (χ4v) is 4.88. The van der Waals surface area contributed by atoms with E-state index in [1.54, 1.807) is 12.1 Å². The van der Waals surface area contributed by atoms with E-state index in [0.717, 1.165) is 37.9 Å². The second-order valence-corrected chi connectivity index (χ2v) is 7.32. The van der Waals surface area contributed by atoms with E-state index in [9.17, 15) is 4.39 Å². The van der Waals surface area contributed by atoms with Crippen LogP contribution in [0.5, 0.6) is 0 Å². The van der Waals surface area contributed by atoms with Crippen LogP contribution in [0.4, 0.5) is 4.39 Å². The Morgan fingerprint density at radius 1 is 1.38 bits per heavy atom. The molecule has 2 fully saturated rings. The molecule has 2 heterocycles. The molecular weight excluding hydrogens is 287 g/mol. The third-order valence-corrected chi connectivity index (χ3v) is 5.78. The van der Waals surface area contributed by atoms with Crippen molar-refractivity contribution >= 4 is 11.8 Å². The average Bonchev–Trinajstić information content (AvgIpc) is 2.49. The molecule has 0 saturated carbocycles. The van der Waals surface area contributed by atoms with Crippen LogP contribution in [-0.4, -0.2) is 23.7 Å². The smallest absolute Gasteiger partial charge is 0.123 e. The predicted molar refractivity (Wildman–Crippen MR) is 84.4 cm³/mol. The van der Waals surface area contributed by atoms with E-state index in [1.807, 2.05) is 17.8 Å². The Balaban J connectivity index is 1.77. The third kappa shape index (κ3) is 3.42. The number of nitrogens with two attached hydrogens (primary N) is 1. The number of nitrogens with one attached hydrogen (secondary N) is 1. The zero-order chi connectivity index (χ0) is 14.7. The van der Waals surface area contributed by atoms with Gasteiger partial charge in [-0.05, 0) is 60.8 Å². The van der Waals surface area contributed by atoms with Crippen LogP contribution in [0.3, 0.4) is 0 Å². The lowest BCUT2D eigenvalue weighted by molar-refractivity contribution is -0.107. The van der Waals surface area contributed by atoms with Gasteiger partial charge in [0.05, 0.1) is 5.60 Å². The molecule has 2 saturated heterocycles. The number of hydrogen-bond acceptors (Lipinski definition) is 4. The number of benzene rings is 1. The molecule has 2 unspecified atom stereocenters. The first-order valence-corrected chi connectivity index (χ1v) is 8.81. The summed E-state index contributed by atoms with van der Waals surface area (Å²) in [4.78, 5) is 0. The van der Waals surface area contributed by atoms with Crippen LogP contribution < -0.4 is 11.3 Å². The largest absolute Gasteiger partial charge is 0.375 e. The van der Waals surface area contributed by atoms with Crippen LogP contribution in [0.1, 0.15) is 37.3 Å². The first-order valence-electron chi connectivity index (χ1n) is 7.66. The fraction of sp³-hybridized carbons (Fsp3) is 0.625. The van der Waals surface area contributed by atoms with E-state index in [-0.39, 0.29) is 17.5 Å². The van der Waals surface area contributed by atoms with Crippen molar-refractivity contribution in [3.05, 3.63) is 35.6 Å². The lowest BCUT2D eigenvalue weighted by Crippen LogP contribution is -2.46. The van der Waals surface area contributed by atoms with E-state index in [4.69, 9.17) is 10.6 Å². The normalized spacial score (nSPS) is 26.7. The van der Waals surface area contributed by atoms with Gasteiger partial charge < -0.3 is 4.74 Å². The fourth-order valence-electron chi connectivity index (χ4n) is 3.65. The molecular formula is C16H23FN2OS. The molecule has 116 valence electrons. The van der Waals surface area contributed by atoms with E-state index in [2.05, 4.69) is 5.43 Å². The van der Waals surface area contributed by atoms with Crippen LogP contribution in [0, 0.1) is 11.7 Å². The molecule has 3 N–H and O–H groups in total. The van der Waals surface area contributed by atoms with Gasteiger partial charge in [0.1, 0.15) is 5.82 Å². The van der Waals surface area contributed by atoms with Crippen molar-refractivity contribution < 1.29 is 9.13 Å². The number of halogens is 1. The maximum atomic E-state index is 13.5. The number of hydrazine groups is 1. The highest BCUT2D eigenvalue weighted by atomic mass is 32.2. The van der Waals surface area contributed by atoms with Crippen LogP contribution in [0.15, 0.2) is 24.3 Å². The molecule has 0 aliphatic carbocycles. The Labute approximate surface area is 129 Å². The first kappa shape index (κ1) is 15.3. The monoisotopic (exact) mass is 310 g/mol. The van der Waals surface area contributed by atoms with Gasteiger partial charge in [-0.25, -0.2) is 4.39 Å². The number of rotatable bonds is 3. The maximum Gasteiger partial charge on any atom is 0.123 e. The molecule has 0 amide bonds. The van der Waals surface area contributed by atoms with Gasteiger partial charge in [-0.3, -0.25) is 11.3 Å². The summed E-state index contributed by atoms with van der Waals surface area (Å²) in [7, 11) is 0. The van der Waals surface area contributed by atoms with E-state index >= 15 is 0 Å². The van der Waals surface area contributed by atoms with Crippen molar-refractivity contribution in [3.8, 4) is 0 Å². The number of ether oxygens (including phenoxy) is 1. The molecule has 2 atom stereocenters. The highest BCUT2D eigenvalue weighted by Crippen LogP contribution is 2.43. The lowest BCUT2D eigenvalue weighted by atomic mass is 9.77.